The van der Waals surface area contributed by atoms with Crippen molar-refractivity contribution in [3.63, 3.8) is 0 Å². The van der Waals surface area contributed by atoms with Crippen LogP contribution in [0.15, 0.2) is 18.3 Å². The minimum absolute atomic E-state index is 0.0752. The predicted molar refractivity (Wildman–Crippen MR) is 71.6 cm³/mol. The number of aromatic nitrogens is 2. The second-order valence-electron chi connectivity index (χ2n) is 4.77. The lowest BCUT2D eigenvalue weighted by atomic mass is 10.1. The minimum Gasteiger partial charge on any atom is -0.394 e. The Labute approximate surface area is 124 Å². The third-order valence-corrected chi connectivity index (χ3v) is 3.38. The number of rotatable bonds is 4. The lowest BCUT2D eigenvalue weighted by Gasteiger charge is -2.17. The molecule has 0 saturated heterocycles. The lowest BCUT2D eigenvalue weighted by Crippen LogP contribution is -2.31. The van der Waals surface area contributed by atoms with E-state index in [1.54, 1.807) is 14.0 Å². The topological polar surface area (TPSA) is 67.2 Å². The van der Waals surface area contributed by atoms with E-state index in [4.69, 9.17) is 0 Å². The van der Waals surface area contributed by atoms with Gasteiger partial charge >= 0.3 is 0 Å². The van der Waals surface area contributed by atoms with Crippen LogP contribution >= 0.6 is 0 Å². The summed E-state index contributed by atoms with van der Waals surface area (Å²) in [5, 5.41) is 15.7. The molecule has 0 spiro atoms. The van der Waals surface area contributed by atoms with Gasteiger partial charge in [0.25, 0.3) is 5.91 Å². The summed E-state index contributed by atoms with van der Waals surface area (Å²) < 4.78 is 40.9. The number of nitrogens with one attached hydrogen (secondary N) is 1. The van der Waals surface area contributed by atoms with Gasteiger partial charge in [0.2, 0.25) is 0 Å². The highest BCUT2D eigenvalue weighted by atomic mass is 19.2. The zero-order valence-corrected chi connectivity index (χ0v) is 11.9. The molecule has 0 bridgehead atoms. The van der Waals surface area contributed by atoms with Crippen LogP contribution in [0.2, 0.25) is 0 Å². The van der Waals surface area contributed by atoms with Gasteiger partial charge in [-0.2, -0.15) is 5.10 Å². The third-order valence-electron chi connectivity index (χ3n) is 3.38. The Hall–Kier alpha value is -2.35. The standard InChI is InChI=1S/C14H14F3N3O2/c1-7-9(5-18-20(7)2)14(22)19-12(6-21)8-3-10(15)13(17)11(16)4-8/h3-5,12,21H,6H2,1-2H3,(H,19,22). The van der Waals surface area contributed by atoms with Gasteiger partial charge in [-0.1, -0.05) is 0 Å². The van der Waals surface area contributed by atoms with Crippen LogP contribution in [0.5, 0.6) is 0 Å². The Morgan fingerprint density at radius 3 is 2.41 bits per heavy atom. The van der Waals surface area contributed by atoms with E-state index in [2.05, 4.69) is 10.4 Å². The molecule has 0 aliphatic carbocycles. The molecule has 1 aromatic heterocycles. The number of aliphatic hydroxyl groups is 1. The Balaban J connectivity index is 2.26. The average molecular weight is 313 g/mol. The van der Waals surface area contributed by atoms with E-state index in [1.165, 1.54) is 10.9 Å². The van der Waals surface area contributed by atoms with Gasteiger partial charge in [0.15, 0.2) is 17.5 Å². The Bertz CT molecular complexity index is 692. The number of benzene rings is 1. The van der Waals surface area contributed by atoms with Crippen molar-refractivity contribution in [1.29, 1.82) is 0 Å². The van der Waals surface area contributed by atoms with E-state index < -0.39 is 36.0 Å². The average Bonchev–Trinajstić information content (AvgIpc) is 2.81. The molecular formula is C14H14F3N3O2. The number of carbonyl (C=O) groups excluding carboxylic acids is 1. The summed E-state index contributed by atoms with van der Waals surface area (Å²) >= 11 is 0. The molecular weight excluding hydrogens is 299 g/mol. The molecule has 0 aliphatic heterocycles. The summed E-state index contributed by atoms with van der Waals surface area (Å²) in [6, 6.07) is 0.391. The van der Waals surface area contributed by atoms with Gasteiger partial charge in [-0.15, -0.1) is 0 Å². The maximum Gasteiger partial charge on any atom is 0.255 e. The summed E-state index contributed by atoms with van der Waals surface area (Å²) in [7, 11) is 1.65. The largest absolute Gasteiger partial charge is 0.394 e. The molecule has 2 aromatic rings. The van der Waals surface area contributed by atoms with Crippen LogP contribution in [-0.2, 0) is 7.05 Å². The first-order chi connectivity index (χ1) is 10.3. The highest BCUT2D eigenvalue weighted by Crippen LogP contribution is 2.20. The fourth-order valence-corrected chi connectivity index (χ4v) is 1.97. The number of hydrogen-bond donors (Lipinski definition) is 2. The van der Waals surface area contributed by atoms with Crippen LogP contribution < -0.4 is 5.32 Å². The molecule has 2 rings (SSSR count). The van der Waals surface area contributed by atoms with Crippen LogP contribution in [0.4, 0.5) is 13.2 Å². The van der Waals surface area contributed by atoms with Crippen LogP contribution in [0.3, 0.4) is 0 Å². The fraction of sp³-hybridized carbons (Fsp3) is 0.286. The number of hydrogen-bond acceptors (Lipinski definition) is 3. The smallest absolute Gasteiger partial charge is 0.255 e. The molecule has 8 heteroatoms. The van der Waals surface area contributed by atoms with Crippen LogP contribution in [0.1, 0.15) is 27.7 Å². The molecule has 0 fully saturated rings. The van der Waals surface area contributed by atoms with E-state index in [0.717, 1.165) is 12.1 Å². The SMILES string of the molecule is Cc1c(C(=O)NC(CO)c2cc(F)c(F)c(F)c2)cnn1C. The van der Waals surface area contributed by atoms with Gasteiger partial charge in [-0.3, -0.25) is 9.48 Å². The third kappa shape index (κ3) is 2.96. The molecule has 1 heterocycles. The molecule has 22 heavy (non-hydrogen) atoms. The van der Waals surface area contributed by atoms with E-state index in [1.807, 2.05) is 0 Å². The van der Waals surface area contributed by atoms with Crippen molar-refractivity contribution < 1.29 is 23.1 Å². The van der Waals surface area contributed by atoms with Gasteiger partial charge in [0.1, 0.15) is 0 Å². The number of amides is 1. The highest BCUT2D eigenvalue weighted by molar-refractivity contribution is 5.95. The van der Waals surface area contributed by atoms with Crippen molar-refractivity contribution in [2.24, 2.45) is 7.05 Å². The van der Waals surface area contributed by atoms with Crippen molar-refractivity contribution in [1.82, 2.24) is 15.1 Å². The summed E-state index contributed by atoms with van der Waals surface area (Å²) in [4.78, 5) is 12.1. The fourth-order valence-electron chi connectivity index (χ4n) is 1.97. The maximum absolute atomic E-state index is 13.2. The predicted octanol–water partition coefficient (Wildman–Crippen LogP) is 1.61. The second kappa shape index (κ2) is 6.18. The monoisotopic (exact) mass is 313 g/mol. The Kier molecular flexibility index (Phi) is 4.51. The second-order valence-corrected chi connectivity index (χ2v) is 4.77. The molecule has 5 nitrogen and oxygen atoms in total. The number of aliphatic hydroxyl groups excluding tert-OH is 1. The van der Waals surface area contributed by atoms with Crippen LogP contribution in [0.25, 0.3) is 0 Å². The Morgan fingerprint density at radius 1 is 1.36 bits per heavy atom. The van der Waals surface area contributed by atoms with E-state index in [9.17, 15) is 23.1 Å². The Morgan fingerprint density at radius 2 is 1.95 bits per heavy atom. The highest BCUT2D eigenvalue weighted by Gasteiger charge is 2.21. The lowest BCUT2D eigenvalue weighted by molar-refractivity contribution is 0.0915. The summed E-state index contributed by atoms with van der Waals surface area (Å²) in [5.74, 6) is -4.94. The molecule has 2 N–H and O–H groups in total. The molecule has 0 radical (unpaired) electrons. The molecule has 1 amide bonds. The summed E-state index contributed by atoms with van der Waals surface area (Å²) in [6.45, 7) is 1.07. The van der Waals surface area contributed by atoms with Crippen molar-refractivity contribution in [2.45, 2.75) is 13.0 Å². The van der Waals surface area contributed by atoms with Crippen LogP contribution in [-0.4, -0.2) is 27.4 Å². The van der Waals surface area contributed by atoms with Gasteiger partial charge in [-0.25, -0.2) is 13.2 Å². The molecule has 1 unspecified atom stereocenters. The van der Waals surface area contributed by atoms with Crippen LogP contribution in [0, 0.1) is 24.4 Å². The number of nitrogens with zero attached hydrogens (tertiary/aromatic N) is 2. The zero-order valence-electron chi connectivity index (χ0n) is 11.9. The van der Waals surface area contributed by atoms with E-state index in [-0.39, 0.29) is 11.1 Å². The van der Waals surface area contributed by atoms with Crippen molar-refractivity contribution in [3.05, 3.63) is 52.6 Å². The quantitative estimate of drug-likeness (QED) is 0.843. The summed E-state index contributed by atoms with van der Waals surface area (Å²) in [6.07, 6.45) is 1.34. The van der Waals surface area contributed by atoms with E-state index in [0.29, 0.717) is 5.69 Å². The first-order valence-electron chi connectivity index (χ1n) is 6.40. The van der Waals surface area contributed by atoms with Crippen molar-refractivity contribution >= 4 is 5.91 Å². The molecule has 0 saturated carbocycles. The molecule has 0 aliphatic rings. The minimum atomic E-state index is -1.60. The number of halogens is 3. The van der Waals surface area contributed by atoms with Gasteiger partial charge in [-0.05, 0) is 24.6 Å². The first-order valence-corrected chi connectivity index (χ1v) is 6.40. The number of carbonyl (C=O) groups is 1. The van der Waals surface area contributed by atoms with Gasteiger partial charge in [0, 0.05) is 12.7 Å². The van der Waals surface area contributed by atoms with Gasteiger partial charge < -0.3 is 10.4 Å². The molecule has 118 valence electrons. The van der Waals surface area contributed by atoms with E-state index >= 15 is 0 Å². The molecule has 1 atom stereocenters. The first kappa shape index (κ1) is 16.0. The maximum atomic E-state index is 13.2. The zero-order chi connectivity index (χ0) is 16.4. The molecule has 1 aromatic carbocycles. The normalized spacial score (nSPS) is 12.3. The van der Waals surface area contributed by atoms with Crippen molar-refractivity contribution in [2.75, 3.05) is 6.61 Å². The van der Waals surface area contributed by atoms with Gasteiger partial charge in [0.05, 0.1) is 24.4 Å². The summed E-state index contributed by atoms with van der Waals surface area (Å²) in [5.41, 5.74) is 0.781. The van der Waals surface area contributed by atoms with Crippen molar-refractivity contribution in [3.8, 4) is 0 Å². The number of aryl methyl sites for hydroxylation is 1.